The quantitative estimate of drug-likeness (QED) is 0.260. The van der Waals surface area contributed by atoms with Crippen molar-refractivity contribution in [2.24, 2.45) is 0 Å². The normalized spacial score (nSPS) is 10.5. The third-order valence-corrected chi connectivity index (χ3v) is 4.25. The second kappa shape index (κ2) is 8.96. The highest BCUT2D eigenvalue weighted by Gasteiger charge is 2.08. The molecule has 0 fully saturated rings. The topological polar surface area (TPSA) is 75.0 Å². The highest BCUT2D eigenvalue weighted by molar-refractivity contribution is 5.80. The van der Waals surface area contributed by atoms with Crippen LogP contribution in [0.25, 0.3) is 11.0 Å². The van der Waals surface area contributed by atoms with Crippen LogP contribution >= 0.6 is 0 Å². The average molecular weight is 402 g/mol. The number of rotatable bonds is 7. The highest BCUT2D eigenvalue weighted by atomic mass is 16.6. The summed E-state index contributed by atoms with van der Waals surface area (Å²) in [5.41, 5.74) is 0.957. The molecule has 0 aliphatic heterocycles. The molecule has 0 radical (unpaired) electrons. The highest BCUT2D eigenvalue weighted by Crippen LogP contribution is 2.21. The van der Waals surface area contributed by atoms with Crippen LogP contribution in [0.2, 0.25) is 0 Å². The van der Waals surface area contributed by atoms with Crippen molar-refractivity contribution in [2.75, 3.05) is 6.61 Å². The molecular weight excluding hydrogens is 384 g/mol. The van der Waals surface area contributed by atoms with Crippen molar-refractivity contribution in [3.05, 3.63) is 101 Å². The van der Waals surface area contributed by atoms with E-state index in [9.17, 15) is 9.59 Å². The Morgan fingerprint density at radius 3 is 2.20 bits per heavy atom. The summed E-state index contributed by atoms with van der Waals surface area (Å²) in [5.74, 6) is 0.919. The van der Waals surface area contributed by atoms with Gasteiger partial charge in [-0.2, -0.15) is 0 Å². The molecule has 0 unspecified atom stereocenters. The van der Waals surface area contributed by atoms with Crippen LogP contribution in [-0.4, -0.2) is 12.6 Å². The first-order chi connectivity index (χ1) is 14.7. The largest absolute Gasteiger partial charge is 0.489 e. The van der Waals surface area contributed by atoms with E-state index in [4.69, 9.17) is 18.6 Å². The lowest BCUT2D eigenvalue weighted by molar-refractivity contribution is -0.136. The Balaban J connectivity index is 1.29. The maximum Gasteiger partial charge on any atom is 0.349 e. The number of ether oxygens (including phenoxy) is 3. The molecule has 0 saturated carbocycles. The van der Waals surface area contributed by atoms with Gasteiger partial charge in [0.15, 0.2) is 6.61 Å². The van der Waals surface area contributed by atoms with Crippen LogP contribution in [-0.2, 0) is 11.4 Å². The first-order valence-electron chi connectivity index (χ1n) is 9.30. The molecule has 0 aliphatic carbocycles. The molecule has 0 aliphatic rings. The Kier molecular flexibility index (Phi) is 5.75. The van der Waals surface area contributed by atoms with Gasteiger partial charge in [0.1, 0.15) is 29.4 Å². The zero-order chi connectivity index (χ0) is 20.8. The molecule has 1 heterocycles. The van der Waals surface area contributed by atoms with Gasteiger partial charge in [0, 0.05) is 17.5 Å². The van der Waals surface area contributed by atoms with Crippen molar-refractivity contribution < 1.29 is 23.4 Å². The molecule has 150 valence electrons. The predicted octanol–water partition coefficient (Wildman–Crippen LogP) is 4.36. The monoisotopic (exact) mass is 402 g/mol. The smallest absolute Gasteiger partial charge is 0.349 e. The van der Waals surface area contributed by atoms with E-state index in [2.05, 4.69) is 0 Å². The molecule has 0 atom stereocenters. The summed E-state index contributed by atoms with van der Waals surface area (Å²) in [6, 6.07) is 24.6. The van der Waals surface area contributed by atoms with Crippen LogP contribution in [0.15, 0.2) is 94.1 Å². The lowest BCUT2D eigenvalue weighted by atomic mass is 10.2. The van der Waals surface area contributed by atoms with Crippen LogP contribution in [0.1, 0.15) is 5.56 Å². The van der Waals surface area contributed by atoms with E-state index >= 15 is 0 Å². The Morgan fingerprint density at radius 2 is 1.43 bits per heavy atom. The molecule has 4 aromatic rings. The SMILES string of the molecule is O=C(COc1ccc(OCc2ccccc2)cc1)Oc1ccc2ccc(=O)oc2c1. The first kappa shape index (κ1) is 19.3. The van der Waals surface area contributed by atoms with Gasteiger partial charge in [-0.25, -0.2) is 9.59 Å². The molecule has 4 rings (SSSR count). The molecule has 30 heavy (non-hydrogen) atoms. The summed E-state index contributed by atoms with van der Waals surface area (Å²) >= 11 is 0. The summed E-state index contributed by atoms with van der Waals surface area (Å²) in [7, 11) is 0. The second-order valence-corrected chi connectivity index (χ2v) is 6.46. The molecule has 0 N–H and O–H groups in total. The number of fused-ring (bicyclic) bond motifs is 1. The van der Waals surface area contributed by atoms with Crippen molar-refractivity contribution in [2.45, 2.75) is 6.61 Å². The van der Waals surface area contributed by atoms with Gasteiger partial charge < -0.3 is 18.6 Å². The van der Waals surface area contributed by atoms with Crippen LogP contribution < -0.4 is 19.8 Å². The number of carbonyl (C=O) groups excluding carboxylic acids is 1. The van der Waals surface area contributed by atoms with E-state index in [0.717, 1.165) is 10.9 Å². The van der Waals surface area contributed by atoms with Crippen LogP contribution in [0.3, 0.4) is 0 Å². The molecule has 0 bridgehead atoms. The van der Waals surface area contributed by atoms with Crippen molar-refractivity contribution in [3.8, 4) is 17.2 Å². The lowest BCUT2D eigenvalue weighted by Crippen LogP contribution is -2.17. The zero-order valence-electron chi connectivity index (χ0n) is 15.9. The minimum atomic E-state index is -0.572. The van der Waals surface area contributed by atoms with Gasteiger partial charge in [-0.15, -0.1) is 0 Å². The van der Waals surface area contributed by atoms with Crippen LogP contribution in [0, 0.1) is 0 Å². The van der Waals surface area contributed by atoms with Gasteiger partial charge in [-0.3, -0.25) is 0 Å². The number of hydrogen-bond acceptors (Lipinski definition) is 6. The Morgan fingerprint density at radius 1 is 0.767 bits per heavy atom. The number of benzene rings is 3. The molecular formula is C24H18O6. The fourth-order valence-corrected chi connectivity index (χ4v) is 2.78. The number of hydrogen-bond donors (Lipinski definition) is 0. The van der Waals surface area contributed by atoms with Crippen LogP contribution in [0.4, 0.5) is 0 Å². The molecule has 6 heteroatoms. The first-order valence-corrected chi connectivity index (χ1v) is 9.30. The van der Waals surface area contributed by atoms with Gasteiger partial charge in [0.2, 0.25) is 0 Å². The fourth-order valence-electron chi connectivity index (χ4n) is 2.78. The third-order valence-electron chi connectivity index (χ3n) is 4.25. The molecule has 0 saturated heterocycles. The van der Waals surface area contributed by atoms with E-state index in [1.165, 1.54) is 12.1 Å². The number of carbonyl (C=O) groups is 1. The lowest BCUT2D eigenvalue weighted by Gasteiger charge is -2.09. The average Bonchev–Trinajstić information content (AvgIpc) is 2.77. The zero-order valence-corrected chi connectivity index (χ0v) is 15.9. The molecule has 6 nitrogen and oxygen atoms in total. The maximum atomic E-state index is 12.1. The molecule has 0 spiro atoms. The maximum absolute atomic E-state index is 12.1. The van der Waals surface area contributed by atoms with Crippen LogP contribution in [0.5, 0.6) is 17.2 Å². The van der Waals surface area contributed by atoms with Gasteiger partial charge in [-0.05, 0) is 48.0 Å². The van der Waals surface area contributed by atoms with Crippen molar-refractivity contribution in [1.82, 2.24) is 0 Å². The van der Waals surface area contributed by atoms with Gasteiger partial charge in [-0.1, -0.05) is 30.3 Å². The van der Waals surface area contributed by atoms with E-state index in [-0.39, 0.29) is 12.4 Å². The van der Waals surface area contributed by atoms with Crippen molar-refractivity contribution >= 4 is 16.9 Å². The van der Waals surface area contributed by atoms with E-state index in [0.29, 0.717) is 23.7 Å². The molecule has 1 aromatic heterocycles. The fraction of sp³-hybridized carbons (Fsp3) is 0.0833. The summed E-state index contributed by atoms with van der Waals surface area (Å²) < 4.78 is 21.5. The second-order valence-electron chi connectivity index (χ2n) is 6.46. The van der Waals surface area contributed by atoms with Crippen molar-refractivity contribution in [3.63, 3.8) is 0 Å². The third kappa shape index (κ3) is 5.05. The summed E-state index contributed by atoms with van der Waals surface area (Å²) in [4.78, 5) is 23.4. The Bertz CT molecular complexity index is 1200. The van der Waals surface area contributed by atoms with Gasteiger partial charge in [0.05, 0.1) is 0 Å². The summed E-state index contributed by atoms with van der Waals surface area (Å²) in [6.07, 6.45) is 0. The Hall–Kier alpha value is -4.06. The van der Waals surface area contributed by atoms with E-state index < -0.39 is 11.6 Å². The predicted molar refractivity (Wildman–Crippen MR) is 111 cm³/mol. The summed E-state index contributed by atoms with van der Waals surface area (Å²) in [6.45, 7) is 0.209. The van der Waals surface area contributed by atoms with E-state index in [1.54, 1.807) is 42.5 Å². The molecule has 0 amide bonds. The van der Waals surface area contributed by atoms with Crippen molar-refractivity contribution in [1.29, 1.82) is 0 Å². The van der Waals surface area contributed by atoms with E-state index in [1.807, 2.05) is 30.3 Å². The molecule has 3 aromatic carbocycles. The van der Waals surface area contributed by atoms with Gasteiger partial charge in [0.25, 0.3) is 0 Å². The standard InChI is InChI=1S/C24H18O6/c25-23-13-7-18-6-8-21(14-22(18)30-23)29-24(26)16-28-20-11-9-19(10-12-20)27-15-17-4-2-1-3-5-17/h1-14H,15-16H2. The minimum absolute atomic E-state index is 0.263. The minimum Gasteiger partial charge on any atom is -0.489 e. The number of esters is 1. The van der Waals surface area contributed by atoms with Gasteiger partial charge >= 0.3 is 11.6 Å². The summed E-state index contributed by atoms with van der Waals surface area (Å²) in [5, 5.41) is 0.736. The Labute approximate surface area is 172 Å².